The highest BCUT2D eigenvalue weighted by atomic mass is 35.5. The molecule has 22 heavy (non-hydrogen) atoms. The number of nitrogens with one attached hydrogen (secondary N) is 2. The number of halogens is 1. The van der Waals surface area contributed by atoms with E-state index in [1.54, 1.807) is 7.11 Å². The van der Waals surface area contributed by atoms with E-state index in [1.807, 2.05) is 50.2 Å². The third-order valence-electron chi connectivity index (χ3n) is 3.22. The van der Waals surface area contributed by atoms with E-state index in [9.17, 15) is 4.79 Å². The second kappa shape index (κ2) is 7.18. The first-order valence-corrected chi connectivity index (χ1v) is 7.32. The maximum Gasteiger partial charge on any atom is 0.243 e. The van der Waals surface area contributed by atoms with Crippen molar-refractivity contribution < 1.29 is 9.53 Å². The van der Waals surface area contributed by atoms with Crippen molar-refractivity contribution in [3.05, 3.63) is 52.5 Å². The van der Waals surface area contributed by atoms with E-state index >= 15 is 0 Å². The molecule has 4 nitrogen and oxygen atoms in total. The Kier molecular flexibility index (Phi) is 5.28. The molecular weight excluding hydrogens is 300 g/mol. The molecule has 0 aliphatic heterocycles. The molecule has 0 heterocycles. The van der Waals surface area contributed by atoms with E-state index in [0.717, 1.165) is 22.6 Å². The molecule has 0 aliphatic rings. The molecule has 2 rings (SSSR count). The molecular formula is C17H19ClN2O2. The van der Waals surface area contributed by atoms with Gasteiger partial charge in [0.15, 0.2) is 0 Å². The molecule has 2 aromatic rings. The van der Waals surface area contributed by atoms with Crippen molar-refractivity contribution in [1.29, 1.82) is 0 Å². The van der Waals surface area contributed by atoms with Crippen LogP contribution in [-0.2, 0) is 4.79 Å². The fourth-order valence-electron chi connectivity index (χ4n) is 2.17. The first-order chi connectivity index (χ1) is 10.5. The first kappa shape index (κ1) is 16.2. The van der Waals surface area contributed by atoms with Gasteiger partial charge in [0.1, 0.15) is 5.75 Å². The van der Waals surface area contributed by atoms with Gasteiger partial charge >= 0.3 is 0 Å². The van der Waals surface area contributed by atoms with Gasteiger partial charge in [-0.1, -0.05) is 23.7 Å². The average molecular weight is 319 g/mol. The van der Waals surface area contributed by atoms with Crippen LogP contribution in [-0.4, -0.2) is 19.6 Å². The minimum atomic E-state index is -0.156. The standard InChI is InChI=1S/C17H19ClN2O2/c1-11-7-12(2)17(15(18)8-11)20-16(21)10-19-13-5-4-6-14(9-13)22-3/h4-9,19H,10H2,1-3H3,(H,20,21). The molecule has 0 atom stereocenters. The van der Waals surface area contributed by atoms with Crippen molar-refractivity contribution >= 4 is 28.9 Å². The average Bonchev–Trinajstić information content (AvgIpc) is 2.49. The van der Waals surface area contributed by atoms with Gasteiger partial charge in [0.25, 0.3) is 0 Å². The minimum absolute atomic E-state index is 0.150. The highest BCUT2D eigenvalue weighted by Crippen LogP contribution is 2.27. The molecule has 0 saturated heterocycles. The van der Waals surface area contributed by atoms with E-state index in [2.05, 4.69) is 10.6 Å². The van der Waals surface area contributed by atoms with Crippen molar-refractivity contribution in [2.24, 2.45) is 0 Å². The number of methoxy groups -OCH3 is 1. The molecule has 0 fully saturated rings. The zero-order chi connectivity index (χ0) is 16.1. The number of anilines is 2. The third kappa shape index (κ3) is 4.15. The summed E-state index contributed by atoms with van der Waals surface area (Å²) < 4.78 is 5.14. The summed E-state index contributed by atoms with van der Waals surface area (Å²) in [6, 6.07) is 11.2. The number of rotatable bonds is 5. The lowest BCUT2D eigenvalue weighted by molar-refractivity contribution is -0.114. The summed E-state index contributed by atoms with van der Waals surface area (Å²) in [5.41, 5.74) is 3.49. The third-order valence-corrected chi connectivity index (χ3v) is 3.52. The molecule has 116 valence electrons. The molecule has 0 aromatic heterocycles. The summed E-state index contributed by atoms with van der Waals surface area (Å²) in [5, 5.41) is 6.44. The predicted octanol–water partition coefficient (Wildman–Crippen LogP) is 4.02. The monoisotopic (exact) mass is 318 g/mol. The summed E-state index contributed by atoms with van der Waals surface area (Å²) >= 11 is 6.18. The van der Waals surface area contributed by atoms with Crippen molar-refractivity contribution in [2.45, 2.75) is 13.8 Å². The quantitative estimate of drug-likeness (QED) is 0.875. The Bertz CT molecular complexity index is 663. The Morgan fingerprint density at radius 1 is 1.23 bits per heavy atom. The lowest BCUT2D eigenvalue weighted by Gasteiger charge is -2.12. The lowest BCUT2D eigenvalue weighted by atomic mass is 10.1. The molecule has 0 aliphatic carbocycles. The topological polar surface area (TPSA) is 50.4 Å². The Labute approximate surface area is 135 Å². The maximum absolute atomic E-state index is 12.1. The van der Waals surface area contributed by atoms with Gasteiger partial charge in [-0.15, -0.1) is 0 Å². The van der Waals surface area contributed by atoms with E-state index in [1.165, 1.54) is 0 Å². The molecule has 0 radical (unpaired) electrons. The molecule has 2 aromatic carbocycles. The Morgan fingerprint density at radius 3 is 2.68 bits per heavy atom. The van der Waals surface area contributed by atoms with Crippen LogP contribution >= 0.6 is 11.6 Å². The van der Waals surface area contributed by atoms with Crippen LogP contribution in [0.2, 0.25) is 5.02 Å². The molecule has 1 amide bonds. The fraction of sp³-hybridized carbons (Fsp3) is 0.235. The second-order valence-electron chi connectivity index (χ2n) is 5.07. The smallest absolute Gasteiger partial charge is 0.243 e. The number of carbonyl (C=O) groups excluding carboxylic acids is 1. The van der Waals surface area contributed by atoms with Crippen LogP contribution in [0.3, 0.4) is 0 Å². The van der Waals surface area contributed by atoms with Gasteiger partial charge in [0, 0.05) is 11.8 Å². The van der Waals surface area contributed by atoms with Crippen molar-refractivity contribution in [3.8, 4) is 5.75 Å². The zero-order valence-electron chi connectivity index (χ0n) is 12.9. The van der Waals surface area contributed by atoms with Crippen molar-refractivity contribution in [2.75, 3.05) is 24.3 Å². The molecule has 0 unspecified atom stereocenters. The summed E-state index contributed by atoms with van der Waals surface area (Å²) in [4.78, 5) is 12.1. The van der Waals surface area contributed by atoms with E-state index < -0.39 is 0 Å². The first-order valence-electron chi connectivity index (χ1n) is 6.94. The highest BCUT2D eigenvalue weighted by molar-refractivity contribution is 6.34. The normalized spacial score (nSPS) is 10.2. The van der Waals surface area contributed by atoms with Gasteiger partial charge < -0.3 is 15.4 Å². The van der Waals surface area contributed by atoms with Gasteiger partial charge in [0.05, 0.1) is 24.4 Å². The van der Waals surface area contributed by atoms with Gasteiger partial charge in [-0.05, 0) is 43.2 Å². The Morgan fingerprint density at radius 2 is 2.00 bits per heavy atom. The molecule has 0 bridgehead atoms. The SMILES string of the molecule is COc1cccc(NCC(=O)Nc2c(C)cc(C)cc2Cl)c1. The van der Waals surface area contributed by atoms with Crippen LogP contribution in [0.25, 0.3) is 0 Å². The van der Waals surface area contributed by atoms with E-state index in [0.29, 0.717) is 10.7 Å². The molecule has 0 saturated carbocycles. The van der Waals surface area contributed by atoms with E-state index in [-0.39, 0.29) is 12.5 Å². The largest absolute Gasteiger partial charge is 0.497 e. The van der Waals surface area contributed by atoms with Crippen LogP contribution in [0.1, 0.15) is 11.1 Å². The van der Waals surface area contributed by atoms with E-state index in [4.69, 9.17) is 16.3 Å². The summed E-state index contributed by atoms with van der Waals surface area (Å²) in [6.45, 7) is 4.04. The molecule has 5 heteroatoms. The number of amides is 1. The molecule has 2 N–H and O–H groups in total. The van der Waals surface area contributed by atoms with Crippen molar-refractivity contribution in [1.82, 2.24) is 0 Å². The predicted molar refractivity (Wildman–Crippen MR) is 91.0 cm³/mol. The number of aryl methyl sites for hydroxylation is 2. The molecule has 0 spiro atoms. The van der Waals surface area contributed by atoms with Gasteiger partial charge in [-0.25, -0.2) is 0 Å². The maximum atomic E-state index is 12.1. The number of hydrogen-bond acceptors (Lipinski definition) is 3. The lowest BCUT2D eigenvalue weighted by Crippen LogP contribution is -2.22. The zero-order valence-corrected chi connectivity index (χ0v) is 13.6. The van der Waals surface area contributed by atoms with Crippen LogP contribution in [0, 0.1) is 13.8 Å². The number of benzene rings is 2. The Hall–Kier alpha value is -2.20. The van der Waals surface area contributed by atoms with Crippen LogP contribution in [0.15, 0.2) is 36.4 Å². The van der Waals surface area contributed by atoms with Crippen LogP contribution in [0.4, 0.5) is 11.4 Å². The van der Waals surface area contributed by atoms with Crippen molar-refractivity contribution in [3.63, 3.8) is 0 Å². The fourth-order valence-corrected chi connectivity index (χ4v) is 2.54. The summed E-state index contributed by atoms with van der Waals surface area (Å²) in [7, 11) is 1.61. The summed E-state index contributed by atoms with van der Waals surface area (Å²) in [6.07, 6.45) is 0. The van der Waals surface area contributed by atoms with Crippen LogP contribution < -0.4 is 15.4 Å². The summed E-state index contributed by atoms with van der Waals surface area (Å²) in [5.74, 6) is 0.583. The van der Waals surface area contributed by atoms with Gasteiger partial charge in [-0.2, -0.15) is 0 Å². The van der Waals surface area contributed by atoms with Crippen LogP contribution in [0.5, 0.6) is 5.75 Å². The highest BCUT2D eigenvalue weighted by Gasteiger charge is 2.09. The number of hydrogen-bond donors (Lipinski definition) is 2. The van der Waals surface area contributed by atoms with Gasteiger partial charge in [0.2, 0.25) is 5.91 Å². The Balaban J connectivity index is 1.99. The number of carbonyl (C=O) groups is 1. The minimum Gasteiger partial charge on any atom is -0.497 e. The number of ether oxygens (including phenoxy) is 1. The second-order valence-corrected chi connectivity index (χ2v) is 5.48. The van der Waals surface area contributed by atoms with Gasteiger partial charge in [-0.3, -0.25) is 4.79 Å².